The smallest absolute Gasteiger partial charge is 0.243 e. The van der Waals surface area contributed by atoms with Gasteiger partial charge in [-0.1, -0.05) is 85.3 Å². The van der Waals surface area contributed by atoms with Crippen molar-refractivity contribution in [1.82, 2.24) is 26.0 Å². The van der Waals surface area contributed by atoms with Gasteiger partial charge in [-0.3, -0.25) is 19.9 Å². The largest absolute Gasteiger partial charge is 0.392 e. The standard InChI is InChI=1S/C35H41N5O6S/c41-21-24-13-15-26(16-14-24)31-19-30(22-47-35-37-23-38-39-35)45-34(46-31)29-10-6-9-28(18-29)27-8-5-7-25(17-27)20-36-32(42)11-3-1-2-4-12-33(43)40-44/h5-10,13-18,23,30-31,34,41,44H,1-4,11-12,19-22H2,(H,36,42)(H,40,43)(H,37,38,39)/t30-,31+,34+/m1/s1. The Morgan fingerprint density at radius 2 is 1.62 bits per heavy atom. The Morgan fingerprint density at radius 1 is 0.872 bits per heavy atom. The minimum absolute atomic E-state index is 0.00585. The van der Waals surface area contributed by atoms with E-state index in [1.807, 2.05) is 54.6 Å². The van der Waals surface area contributed by atoms with Crippen LogP contribution in [0.3, 0.4) is 0 Å². The third-order valence-corrected chi connectivity index (χ3v) is 9.01. The molecular formula is C35H41N5O6S. The molecule has 0 unspecified atom stereocenters. The van der Waals surface area contributed by atoms with Gasteiger partial charge < -0.3 is 19.9 Å². The molecule has 0 bridgehead atoms. The molecule has 1 saturated heterocycles. The zero-order valence-corrected chi connectivity index (χ0v) is 27.0. The summed E-state index contributed by atoms with van der Waals surface area (Å²) in [5, 5.41) is 28.6. The number of aliphatic hydroxyl groups excluding tert-OH is 1. The molecule has 47 heavy (non-hydrogen) atoms. The molecule has 5 N–H and O–H groups in total. The van der Waals surface area contributed by atoms with E-state index < -0.39 is 6.29 Å². The summed E-state index contributed by atoms with van der Waals surface area (Å²) in [6, 6.07) is 24.1. The number of carbonyl (C=O) groups excluding carboxylic acids is 2. The van der Waals surface area contributed by atoms with E-state index in [1.165, 1.54) is 6.33 Å². The molecule has 0 radical (unpaired) electrons. The van der Waals surface area contributed by atoms with E-state index >= 15 is 0 Å². The highest BCUT2D eigenvalue weighted by Crippen LogP contribution is 2.40. The molecular weight excluding hydrogens is 618 g/mol. The number of aromatic nitrogens is 3. The Kier molecular flexibility index (Phi) is 12.9. The maximum absolute atomic E-state index is 12.4. The molecule has 1 aliphatic rings. The third kappa shape index (κ3) is 10.5. The lowest BCUT2D eigenvalue weighted by molar-refractivity contribution is -0.245. The lowest BCUT2D eigenvalue weighted by Gasteiger charge is -2.36. The fourth-order valence-corrected chi connectivity index (χ4v) is 6.25. The van der Waals surface area contributed by atoms with Crippen LogP contribution >= 0.6 is 11.8 Å². The van der Waals surface area contributed by atoms with E-state index in [9.17, 15) is 14.7 Å². The Balaban J connectivity index is 1.21. The number of hydroxylamine groups is 1. The predicted octanol–water partition coefficient (Wildman–Crippen LogP) is 5.76. The van der Waals surface area contributed by atoms with E-state index in [0.717, 1.165) is 57.8 Å². The fourth-order valence-electron chi connectivity index (χ4n) is 5.45. The normalized spacial score (nSPS) is 17.7. The number of hydrogen-bond acceptors (Lipinski definition) is 9. The van der Waals surface area contributed by atoms with Gasteiger partial charge in [0.15, 0.2) is 11.4 Å². The lowest BCUT2D eigenvalue weighted by Crippen LogP contribution is -2.31. The number of aliphatic hydroxyl groups is 1. The maximum atomic E-state index is 12.4. The predicted molar refractivity (Wildman–Crippen MR) is 177 cm³/mol. The van der Waals surface area contributed by atoms with Crippen molar-refractivity contribution in [1.29, 1.82) is 0 Å². The van der Waals surface area contributed by atoms with Gasteiger partial charge in [0.05, 0.1) is 18.8 Å². The van der Waals surface area contributed by atoms with Gasteiger partial charge in [0.2, 0.25) is 11.8 Å². The van der Waals surface area contributed by atoms with Gasteiger partial charge >= 0.3 is 0 Å². The Bertz CT molecular complexity index is 1570. The van der Waals surface area contributed by atoms with Crippen LogP contribution < -0.4 is 10.8 Å². The molecule has 3 aromatic carbocycles. The number of carbonyl (C=O) groups is 2. The van der Waals surface area contributed by atoms with E-state index in [1.54, 1.807) is 17.2 Å². The summed E-state index contributed by atoms with van der Waals surface area (Å²) in [4.78, 5) is 27.7. The molecule has 248 valence electrons. The second kappa shape index (κ2) is 17.7. The highest BCUT2D eigenvalue weighted by Gasteiger charge is 2.32. The van der Waals surface area contributed by atoms with Crippen molar-refractivity contribution in [3.05, 3.63) is 101 Å². The Morgan fingerprint density at radius 3 is 2.34 bits per heavy atom. The summed E-state index contributed by atoms with van der Waals surface area (Å²) in [6.07, 6.45) is 5.12. The van der Waals surface area contributed by atoms with Crippen LogP contribution in [0.5, 0.6) is 0 Å². The molecule has 2 amide bonds. The molecule has 5 rings (SSSR count). The fraction of sp³-hybridized carbons (Fsp3) is 0.371. The SMILES string of the molecule is O=C(CCCCCCC(=O)NCc1cccc(-c2cccc([C@H]3O[C@@H](CSc4ncn[nH]4)C[C@@H](c4ccc(CO)cc4)O3)c2)c1)NO. The number of amides is 2. The van der Waals surface area contributed by atoms with Gasteiger partial charge in [-0.05, 0) is 52.8 Å². The van der Waals surface area contributed by atoms with Crippen LogP contribution in [-0.4, -0.2) is 49.2 Å². The summed E-state index contributed by atoms with van der Waals surface area (Å²) in [7, 11) is 0. The second-order valence-corrected chi connectivity index (χ2v) is 12.5. The van der Waals surface area contributed by atoms with Crippen LogP contribution in [0.2, 0.25) is 0 Å². The van der Waals surface area contributed by atoms with Gasteiger partial charge in [-0.25, -0.2) is 10.5 Å². The zero-order chi connectivity index (χ0) is 32.8. The molecule has 1 fully saturated rings. The van der Waals surface area contributed by atoms with Crippen molar-refractivity contribution < 1.29 is 29.4 Å². The van der Waals surface area contributed by atoms with Crippen molar-refractivity contribution in [2.24, 2.45) is 0 Å². The highest BCUT2D eigenvalue weighted by molar-refractivity contribution is 7.99. The van der Waals surface area contributed by atoms with Crippen LogP contribution in [0.15, 0.2) is 84.3 Å². The number of nitrogens with zero attached hydrogens (tertiary/aromatic N) is 2. The molecule has 3 atom stereocenters. The number of ether oxygens (including phenoxy) is 2. The number of aromatic amines is 1. The van der Waals surface area contributed by atoms with Gasteiger partial charge in [0, 0.05) is 37.1 Å². The first kappa shape index (κ1) is 34.3. The summed E-state index contributed by atoms with van der Waals surface area (Å²) < 4.78 is 13.0. The summed E-state index contributed by atoms with van der Waals surface area (Å²) in [5.41, 5.74) is 7.46. The van der Waals surface area contributed by atoms with Crippen molar-refractivity contribution in [2.75, 3.05) is 5.75 Å². The molecule has 1 aliphatic heterocycles. The van der Waals surface area contributed by atoms with Crippen LogP contribution in [0, 0.1) is 0 Å². The molecule has 2 heterocycles. The molecule has 0 aliphatic carbocycles. The number of unbranched alkanes of at least 4 members (excludes halogenated alkanes) is 3. The van der Waals surface area contributed by atoms with Crippen LogP contribution in [-0.2, 0) is 32.2 Å². The monoisotopic (exact) mass is 659 g/mol. The summed E-state index contributed by atoms with van der Waals surface area (Å²) >= 11 is 1.56. The van der Waals surface area contributed by atoms with E-state index in [4.69, 9.17) is 14.7 Å². The first-order chi connectivity index (χ1) is 23.0. The maximum Gasteiger partial charge on any atom is 0.243 e. The van der Waals surface area contributed by atoms with Gasteiger partial charge in [-0.2, -0.15) is 5.10 Å². The third-order valence-electron chi connectivity index (χ3n) is 8.00. The van der Waals surface area contributed by atoms with Crippen molar-refractivity contribution in [2.45, 2.75) is 81.8 Å². The Hall–Kier alpha value is -4.07. The second-order valence-electron chi connectivity index (χ2n) is 11.5. The first-order valence-electron chi connectivity index (χ1n) is 15.9. The minimum Gasteiger partial charge on any atom is -0.392 e. The number of rotatable bonds is 16. The van der Waals surface area contributed by atoms with Crippen molar-refractivity contribution in [3.8, 4) is 11.1 Å². The van der Waals surface area contributed by atoms with Gasteiger partial charge in [0.1, 0.15) is 6.33 Å². The number of thioether (sulfide) groups is 1. The minimum atomic E-state index is -0.583. The van der Waals surface area contributed by atoms with Gasteiger partial charge in [0.25, 0.3) is 0 Å². The van der Waals surface area contributed by atoms with E-state index in [0.29, 0.717) is 31.6 Å². The molecule has 12 heteroatoms. The molecule has 11 nitrogen and oxygen atoms in total. The summed E-state index contributed by atoms with van der Waals surface area (Å²) in [5.74, 6) is 0.288. The Labute approximate surface area is 278 Å². The van der Waals surface area contributed by atoms with E-state index in [-0.39, 0.29) is 37.0 Å². The van der Waals surface area contributed by atoms with Crippen LogP contribution in [0.25, 0.3) is 11.1 Å². The lowest BCUT2D eigenvalue weighted by atomic mass is 9.99. The van der Waals surface area contributed by atoms with Gasteiger partial charge in [-0.15, -0.1) is 0 Å². The number of H-pyrrole nitrogens is 1. The quantitative estimate of drug-likeness (QED) is 0.0436. The zero-order valence-electron chi connectivity index (χ0n) is 26.1. The molecule has 4 aromatic rings. The van der Waals surface area contributed by atoms with E-state index in [2.05, 4.69) is 38.7 Å². The number of hydrogen-bond donors (Lipinski definition) is 5. The van der Waals surface area contributed by atoms with Crippen LogP contribution in [0.4, 0.5) is 0 Å². The molecule has 1 aromatic heterocycles. The molecule has 0 saturated carbocycles. The highest BCUT2D eigenvalue weighted by atomic mass is 32.2. The van der Waals surface area contributed by atoms with Crippen LogP contribution in [0.1, 0.15) is 79.6 Å². The number of benzene rings is 3. The topological polar surface area (TPSA) is 159 Å². The number of nitrogens with one attached hydrogen (secondary N) is 3. The average molecular weight is 660 g/mol. The first-order valence-corrected chi connectivity index (χ1v) is 16.9. The average Bonchev–Trinajstić information content (AvgIpc) is 3.65. The summed E-state index contributed by atoms with van der Waals surface area (Å²) in [6.45, 7) is 0.421. The van der Waals surface area contributed by atoms with Crippen molar-refractivity contribution >= 4 is 23.6 Å². The van der Waals surface area contributed by atoms with Crippen molar-refractivity contribution in [3.63, 3.8) is 0 Å². The molecule has 0 spiro atoms.